The molecule has 3 nitrogen and oxygen atoms in total. The summed E-state index contributed by atoms with van der Waals surface area (Å²) in [7, 11) is 4.01. The van der Waals surface area contributed by atoms with Gasteiger partial charge in [0.25, 0.3) is 0 Å². The van der Waals surface area contributed by atoms with Crippen LogP contribution in [0.2, 0.25) is 0 Å². The van der Waals surface area contributed by atoms with E-state index in [4.69, 9.17) is 0 Å². The molecule has 1 unspecified atom stereocenters. The van der Waals surface area contributed by atoms with Crippen LogP contribution in [-0.4, -0.2) is 38.0 Å². The Hall–Kier alpha value is -1.85. The first-order chi connectivity index (χ1) is 11.5. The first-order valence-corrected chi connectivity index (χ1v) is 8.89. The van der Waals surface area contributed by atoms with Gasteiger partial charge < -0.3 is 9.80 Å². The lowest BCUT2D eigenvalue weighted by Gasteiger charge is -2.24. The number of hydrogen-bond acceptors (Lipinski definition) is 3. The lowest BCUT2D eigenvalue weighted by atomic mass is 10.1. The predicted octanol–water partition coefficient (Wildman–Crippen LogP) is 3.96. The standard InChI is InChI=1S/C19H21FN2OS/c1-21(2)11-12-22-16-5-3-4-6-17(16)24-18(13-19(22)23)14-7-9-15(20)10-8-14/h3-10,18H,11-13H2,1-2H3. The Balaban J connectivity index is 1.92. The summed E-state index contributed by atoms with van der Waals surface area (Å²) in [4.78, 5) is 17.9. The molecule has 0 saturated carbocycles. The first-order valence-electron chi connectivity index (χ1n) is 8.01. The SMILES string of the molecule is CN(C)CCN1C(=O)CC(c2ccc(F)cc2)Sc2ccccc21. The van der Waals surface area contributed by atoms with E-state index in [1.165, 1.54) is 12.1 Å². The average molecular weight is 344 g/mol. The van der Waals surface area contributed by atoms with Crippen LogP contribution in [0.1, 0.15) is 17.2 Å². The number of carbonyl (C=O) groups excluding carboxylic acids is 1. The Kier molecular flexibility index (Phi) is 5.21. The van der Waals surface area contributed by atoms with E-state index >= 15 is 0 Å². The van der Waals surface area contributed by atoms with Gasteiger partial charge in [-0.25, -0.2) is 4.39 Å². The number of carbonyl (C=O) groups is 1. The molecule has 1 aliphatic heterocycles. The van der Waals surface area contributed by atoms with Gasteiger partial charge in [-0.1, -0.05) is 24.3 Å². The number of rotatable bonds is 4. The second kappa shape index (κ2) is 7.36. The molecule has 24 heavy (non-hydrogen) atoms. The molecule has 0 aromatic heterocycles. The molecule has 0 saturated heterocycles. The highest BCUT2D eigenvalue weighted by Gasteiger charge is 2.28. The molecule has 0 radical (unpaired) electrons. The van der Waals surface area contributed by atoms with Gasteiger partial charge in [0.2, 0.25) is 5.91 Å². The molecule has 3 rings (SSSR count). The van der Waals surface area contributed by atoms with Crippen LogP contribution in [0, 0.1) is 5.82 Å². The number of amides is 1. The van der Waals surface area contributed by atoms with Crippen LogP contribution in [0.5, 0.6) is 0 Å². The third-order valence-electron chi connectivity index (χ3n) is 4.10. The van der Waals surface area contributed by atoms with E-state index in [2.05, 4.69) is 11.0 Å². The molecule has 1 atom stereocenters. The molecule has 0 fully saturated rings. The van der Waals surface area contributed by atoms with Crippen molar-refractivity contribution in [1.82, 2.24) is 4.90 Å². The minimum absolute atomic E-state index is 0.00334. The van der Waals surface area contributed by atoms with Gasteiger partial charge in [0.15, 0.2) is 0 Å². The molecular formula is C19H21FN2OS. The Bertz CT molecular complexity index is 718. The van der Waals surface area contributed by atoms with Crippen molar-refractivity contribution >= 4 is 23.4 Å². The largest absolute Gasteiger partial charge is 0.310 e. The summed E-state index contributed by atoms with van der Waals surface area (Å²) >= 11 is 1.68. The molecule has 1 amide bonds. The third kappa shape index (κ3) is 3.79. The lowest BCUT2D eigenvalue weighted by molar-refractivity contribution is -0.118. The highest BCUT2D eigenvalue weighted by Crippen LogP contribution is 2.45. The van der Waals surface area contributed by atoms with Crippen LogP contribution in [-0.2, 0) is 4.79 Å². The summed E-state index contributed by atoms with van der Waals surface area (Å²) in [5, 5.41) is 0.00334. The Morgan fingerprint density at radius 3 is 2.58 bits per heavy atom. The fraction of sp³-hybridized carbons (Fsp3) is 0.316. The second-order valence-electron chi connectivity index (χ2n) is 6.18. The fourth-order valence-corrected chi connectivity index (χ4v) is 4.07. The van der Waals surface area contributed by atoms with Crippen LogP contribution in [0.15, 0.2) is 53.4 Å². The molecule has 1 aliphatic rings. The Labute approximate surface area is 146 Å². The maximum Gasteiger partial charge on any atom is 0.228 e. The van der Waals surface area contributed by atoms with E-state index < -0.39 is 0 Å². The molecule has 1 heterocycles. The molecule has 0 aliphatic carbocycles. The van der Waals surface area contributed by atoms with E-state index in [-0.39, 0.29) is 17.0 Å². The molecule has 2 aromatic carbocycles. The zero-order valence-electron chi connectivity index (χ0n) is 13.9. The maximum atomic E-state index is 13.2. The molecule has 126 valence electrons. The van der Waals surface area contributed by atoms with Gasteiger partial charge in [-0.15, -0.1) is 11.8 Å². The van der Waals surface area contributed by atoms with Crippen LogP contribution in [0.4, 0.5) is 10.1 Å². The van der Waals surface area contributed by atoms with Gasteiger partial charge in [-0.2, -0.15) is 0 Å². The van der Waals surface area contributed by atoms with Gasteiger partial charge >= 0.3 is 0 Å². The van der Waals surface area contributed by atoms with Crippen molar-refractivity contribution < 1.29 is 9.18 Å². The Morgan fingerprint density at radius 1 is 1.17 bits per heavy atom. The monoisotopic (exact) mass is 344 g/mol. The smallest absolute Gasteiger partial charge is 0.228 e. The topological polar surface area (TPSA) is 23.6 Å². The van der Waals surface area contributed by atoms with Crippen molar-refractivity contribution in [2.75, 3.05) is 32.1 Å². The number of anilines is 1. The summed E-state index contributed by atoms with van der Waals surface area (Å²) < 4.78 is 13.2. The van der Waals surface area contributed by atoms with Gasteiger partial charge in [-0.05, 0) is 43.9 Å². The number of nitrogens with zero attached hydrogens (tertiary/aromatic N) is 2. The maximum absolute atomic E-state index is 13.2. The number of thioether (sulfide) groups is 1. The van der Waals surface area contributed by atoms with Gasteiger partial charge in [0, 0.05) is 29.7 Å². The fourth-order valence-electron chi connectivity index (χ4n) is 2.79. The summed E-state index contributed by atoms with van der Waals surface area (Å²) in [5.41, 5.74) is 1.96. The van der Waals surface area contributed by atoms with Gasteiger partial charge in [-0.3, -0.25) is 4.79 Å². The quantitative estimate of drug-likeness (QED) is 0.839. The lowest BCUT2D eigenvalue weighted by Crippen LogP contribution is -2.36. The normalized spacial score (nSPS) is 17.8. The molecule has 2 aromatic rings. The molecule has 0 N–H and O–H groups in total. The number of fused-ring (bicyclic) bond motifs is 1. The minimum Gasteiger partial charge on any atom is -0.310 e. The molecule has 0 spiro atoms. The van der Waals surface area contributed by atoms with E-state index in [0.717, 1.165) is 22.7 Å². The van der Waals surface area contributed by atoms with Crippen molar-refractivity contribution in [2.45, 2.75) is 16.6 Å². The third-order valence-corrected chi connectivity index (χ3v) is 5.42. The van der Waals surface area contributed by atoms with Gasteiger partial charge in [0.05, 0.1) is 5.69 Å². The summed E-state index contributed by atoms with van der Waals surface area (Å²) in [5.74, 6) is -0.139. The van der Waals surface area contributed by atoms with Crippen molar-refractivity contribution in [3.05, 3.63) is 59.9 Å². The van der Waals surface area contributed by atoms with Crippen molar-refractivity contribution in [3.63, 3.8) is 0 Å². The van der Waals surface area contributed by atoms with Crippen molar-refractivity contribution in [2.24, 2.45) is 0 Å². The summed E-state index contributed by atoms with van der Waals surface area (Å²) in [6, 6.07) is 14.5. The number of hydrogen-bond donors (Lipinski definition) is 0. The summed E-state index contributed by atoms with van der Waals surface area (Å²) in [6.45, 7) is 1.48. The minimum atomic E-state index is -0.253. The second-order valence-corrected chi connectivity index (χ2v) is 7.42. The van der Waals surface area contributed by atoms with E-state index in [1.807, 2.05) is 37.2 Å². The van der Waals surface area contributed by atoms with Crippen LogP contribution in [0.25, 0.3) is 0 Å². The summed E-state index contributed by atoms with van der Waals surface area (Å²) in [6.07, 6.45) is 0.415. The van der Waals surface area contributed by atoms with Crippen LogP contribution < -0.4 is 4.90 Å². The first kappa shape index (κ1) is 17.0. The Morgan fingerprint density at radius 2 is 1.88 bits per heavy atom. The highest BCUT2D eigenvalue weighted by molar-refractivity contribution is 7.99. The number of likely N-dealkylation sites (N-methyl/N-ethyl adjacent to an activating group) is 1. The van der Waals surface area contributed by atoms with E-state index in [1.54, 1.807) is 23.9 Å². The molecule has 5 heteroatoms. The number of benzene rings is 2. The van der Waals surface area contributed by atoms with Crippen LogP contribution >= 0.6 is 11.8 Å². The zero-order chi connectivity index (χ0) is 17.1. The predicted molar refractivity (Wildman–Crippen MR) is 97.0 cm³/mol. The van der Waals surface area contributed by atoms with E-state index in [9.17, 15) is 9.18 Å². The average Bonchev–Trinajstić information content (AvgIpc) is 2.69. The van der Waals surface area contributed by atoms with Gasteiger partial charge in [0.1, 0.15) is 5.82 Å². The molecular weight excluding hydrogens is 323 g/mol. The zero-order valence-corrected chi connectivity index (χ0v) is 14.7. The van der Waals surface area contributed by atoms with Crippen LogP contribution in [0.3, 0.4) is 0 Å². The van der Waals surface area contributed by atoms with E-state index in [0.29, 0.717) is 13.0 Å². The van der Waals surface area contributed by atoms with Crippen molar-refractivity contribution in [3.8, 4) is 0 Å². The van der Waals surface area contributed by atoms with Crippen molar-refractivity contribution in [1.29, 1.82) is 0 Å². The number of para-hydroxylation sites is 1. The number of halogens is 1. The highest BCUT2D eigenvalue weighted by atomic mass is 32.2. The molecule has 0 bridgehead atoms.